The molecular weight excluding hydrogens is 266 g/mol. The third-order valence-corrected chi connectivity index (χ3v) is 4.47. The van der Waals surface area contributed by atoms with Crippen LogP contribution in [0.4, 0.5) is 5.82 Å². The zero-order chi connectivity index (χ0) is 14.8. The number of nitrogens with two attached hydrogens (primary N) is 1. The standard InChI is InChI=1S/C15H23N5O/c1-11-8-12(9-14(17-11)18-16)15(21)20-7-6-19-5-3-2-4-13(19)10-20/h8-9,13H,2-7,10,16H2,1H3,(H,17,18). The molecule has 2 saturated heterocycles. The van der Waals surface area contributed by atoms with Gasteiger partial charge < -0.3 is 10.3 Å². The third kappa shape index (κ3) is 3.01. The minimum atomic E-state index is 0.0854. The Morgan fingerprint density at radius 2 is 2.19 bits per heavy atom. The normalized spacial score (nSPS) is 22.8. The Morgan fingerprint density at radius 3 is 3.00 bits per heavy atom. The monoisotopic (exact) mass is 289 g/mol. The predicted octanol–water partition coefficient (Wildman–Crippen LogP) is 0.986. The zero-order valence-corrected chi connectivity index (χ0v) is 12.5. The highest BCUT2D eigenvalue weighted by Gasteiger charge is 2.31. The molecule has 1 unspecified atom stereocenters. The van der Waals surface area contributed by atoms with Crippen LogP contribution in [-0.2, 0) is 0 Å². The number of anilines is 1. The molecule has 2 aliphatic rings. The maximum Gasteiger partial charge on any atom is 0.254 e. The largest absolute Gasteiger partial charge is 0.336 e. The lowest BCUT2D eigenvalue weighted by molar-refractivity contribution is 0.0372. The van der Waals surface area contributed by atoms with E-state index in [0.717, 1.165) is 25.3 Å². The number of carbonyl (C=O) groups excluding carboxylic acids is 1. The summed E-state index contributed by atoms with van der Waals surface area (Å²) in [6, 6.07) is 4.09. The number of carbonyl (C=O) groups is 1. The van der Waals surface area contributed by atoms with E-state index in [1.165, 1.54) is 25.8 Å². The van der Waals surface area contributed by atoms with Crippen molar-refractivity contribution in [2.45, 2.75) is 32.2 Å². The maximum absolute atomic E-state index is 12.7. The van der Waals surface area contributed by atoms with Crippen LogP contribution in [0.5, 0.6) is 0 Å². The van der Waals surface area contributed by atoms with E-state index in [4.69, 9.17) is 5.84 Å². The lowest BCUT2D eigenvalue weighted by Gasteiger charge is -2.44. The van der Waals surface area contributed by atoms with Crippen molar-refractivity contribution in [1.29, 1.82) is 0 Å². The lowest BCUT2D eigenvalue weighted by atomic mass is 9.99. The van der Waals surface area contributed by atoms with Gasteiger partial charge in [-0.3, -0.25) is 9.69 Å². The third-order valence-electron chi connectivity index (χ3n) is 4.47. The molecule has 6 heteroatoms. The van der Waals surface area contributed by atoms with Crippen molar-refractivity contribution < 1.29 is 4.79 Å². The Labute approximate surface area is 125 Å². The number of nitrogen functional groups attached to an aromatic ring is 1. The maximum atomic E-state index is 12.7. The second-order valence-corrected chi connectivity index (χ2v) is 5.96. The van der Waals surface area contributed by atoms with E-state index in [0.29, 0.717) is 17.4 Å². The van der Waals surface area contributed by atoms with Crippen LogP contribution in [-0.4, -0.2) is 52.9 Å². The highest BCUT2D eigenvalue weighted by molar-refractivity contribution is 5.95. The van der Waals surface area contributed by atoms with Crippen molar-refractivity contribution in [3.63, 3.8) is 0 Å². The van der Waals surface area contributed by atoms with Gasteiger partial charge in [0.25, 0.3) is 5.91 Å². The second kappa shape index (κ2) is 5.99. The van der Waals surface area contributed by atoms with Gasteiger partial charge >= 0.3 is 0 Å². The number of nitrogens with zero attached hydrogens (tertiary/aromatic N) is 3. The van der Waals surface area contributed by atoms with Crippen molar-refractivity contribution in [2.75, 3.05) is 31.6 Å². The molecule has 3 N–H and O–H groups in total. The first-order valence-corrected chi connectivity index (χ1v) is 7.66. The first-order chi connectivity index (χ1) is 10.2. The Balaban J connectivity index is 1.74. The Bertz CT molecular complexity index is 533. The SMILES string of the molecule is Cc1cc(C(=O)N2CCN3CCCCC3C2)cc(NN)n1. The molecule has 1 amide bonds. The molecule has 1 aromatic heterocycles. The highest BCUT2D eigenvalue weighted by Crippen LogP contribution is 2.22. The molecule has 0 aromatic carbocycles. The molecule has 0 spiro atoms. The van der Waals surface area contributed by atoms with Gasteiger partial charge in [-0.1, -0.05) is 6.42 Å². The van der Waals surface area contributed by atoms with Gasteiger partial charge in [-0.05, 0) is 38.4 Å². The van der Waals surface area contributed by atoms with Gasteiger partial charge in [-0.15, -0.1) is 0 Å². The zero-order valence-electron chi connectivity index (χ0n) is 12.5. The van der Waals surface area contributed by atoms with Gasteiger partial charge in [0, 0.05) is 36.9 Å². The summed E-state index contributed by atoms with van der Waals surface area (Å²) in [5.74, 6) is 6.03. The summed E-state index contributed by atoms with van der Waals surface area (Å²) in [7, 11) is 0. The Hall–Kier alpha value is -1.66. The number of aromatic nitrogens is 1. The van der Waals surface area contributed by atoms with E-state index in [9.17, 15) is 4.79 Å². The van der Waals surface area contributed by atoms with E-state index in [-0.39, 0.29) is 5.91 Å². The number of hydrazine groups is 1. The van der Waals surface area contributed by atoms with Crippen LogP contribution in [0.1, 0.15) is 35.3 Å². The fraction of sp³-hybridized carbons (Fsp3) is 0.600. The number of nitrogens with one attached hydrogen (secondary N) is 1. The summed E-state index contributed by atoms with van der Waals surface area (Å²) in [5, 5.41) is 0. The van der Waals surface area contributed by atoms with Crippen LogP contribution < -0.4 is 11.3 Å². The average molecular weight is 289 g/mol. The second-order valence-electron chi connectivity index (χ2n) is 5.96. The first-order valence-electron chi connectivity index (χ1n) is 7.66. The number of rotatable bonds is 2. The number of hydrogen-bond donors (Lipinski definition) is 2. The number of fused-ring (bicyclic) bond motifs is 1. The minimum Gasteiger partial charge on any atom is -0.336 e. The van der Waals surface area contributed by atoms with Crippen molar-refractivity contribution in [2.24, 2.45) is 5.84 Å². The molecule has 0 saturated carbocycles. The van der Waals surface area contributed by atoms with E-state index in [1.54, 1.807) is 6.07 Å². The van der Waals surface area contributed by atoms with Gasteiger partial charge in [0.05, 0.1) is 0 Å². The van der Waals surface area contributed by atoms with Gasteiger partial charge in [0.2, 0.25) is 0 Å². The van der Waals surface area contributed by atoms with Crippen molar-refractivity contribution in [1.82, 2.24) is 14.8 Å². The van der Waals surface area contributed by atoms with Crippen molar-refractivity contribution >= 4 is 11.7 Å². The number of amides is 1. The van der Waals surface area contributed by atoms with Gasteiger partial charge in [0.15, 0.2) is 0 Å². The number of hydrogen-bond acceptors (Lipinski definition) is 5. The van der Waals surface area contributed by atoms with Crippen molar-refractivity contribution in [3.8, 4) is 0 Å². The van der Waals surface area contributed by atoms with Crippen LogP contribution in [0.25, 0.3) is 0 Å². The van der Waals surface area contributed by atoms with Crippen LogP contribution in [0.2, 0.25) is 0 Å². The van der Waals surface area contributed by atoms with E-state index >= 15 is 0 Å². The summed E-state index contributed by atoms with van der Waals surface area (Å²) in [4.78, 5) is 21.4. The average Bonchev–Trinajstić information content (AvgIpc) is 2.53. The van der Waals surface area contributed by atoms with E-state index in [1.807, 2.05) is 17.9 Å². The van der Waals surface area contributed by atoms with E-state index < -0.39 is 0 Å². The molecule has 0 bridgehead atoms. The summed E-state index contributed by atoms with van der Waals surface area (Å²) in [6.45, 7) is 5.69. The van der Waals surface area contributed by atoms with Crippen molar-refractivity contribution in [3.05, 3.63) is 23.4 Å². The highest BCUT2D eigenvalue weighted by atomic mass is 16.2. The minimum absolute atomic E-state index is 0.0854. The number of piperidine rings is 1. The number of aryl methyl sites for hydroxylation is 1. The number of pyridine rings is 1. The van der Waals surface area contributed by atoms with Gasteiger partial charge in [0.1, 0.15) is 5.82 Å². The molecule has 21 heavy (non-hydrogen) atoms. The Morgan fingerprint density at radius 1 is 1.33 bits per heavy atom. The molecule has 1 atom stereocenters. The predicted molar refractivity (Wildman–Crippen MR) is 81.9 cm³/mol. The molecule has 0 radical (unpaired) electrons. The van der Waals surface area contributed by atoms with Crippen LogP contribution in [0.3, 0.4) is 0 Å². The van der Waals surface area contributed by atoms with Crippen LogP contribution >= 0.6 is 0 Å². The molecule has 0 aliphatic carbocycles. The quantitative estimate of drug-likeness (QED) is 0.627. The smallest absolute Gasteiger partial charge is 0.254 e. The summed E-state index contributed by atoms with van der Waals surface area (Å²) in [6.07, 6.45) is 3.77. The molecule has 1 aromatic rings. The Kier molecular flexibility index (Phi) is 4.07. The summed E-state index contributed by atoms with van der Waals surface area (Å²) < 4.78 is 0. The molecule has 3 rings (SSSR count). The van der Waals surface area contributed by atoms with Crippen LogP contribution in [0, 0.1) is 6.92 Å². The molecule has 6 nitrogen and oxygen atoms in total. The van der Waals surface area contributed by atoms with E-state index in [2.05, 4.69) is 15.3 Å². The summed E-state index contributed by atoms with van der Waals surface area (Å²) in [5.41, 5.74) is 3.98. The molecule has 3 heterocycles. The van der Waals surface area contributed by atoms with Gasteiger partial charge in [-0.25, -0.2) is 10.8 Å². The molecule has 114 valence electrons. The first kappa shape index (κ1) is 14.3. The van der Waals surface area contributed by atoms with Gasteiger partial charge in [-0.2, -0.15) is 0 Å². The number of piperazine rings is 1. The fourth-order valence-corrected chi connectivity index (χ4v) is 3.39. The lowest BCUT2D eigenvalue weighted by Crippen LogP contribution is -2.56. The topological polar surface area (TPSA) is 74.5 Å². The molecule has 2 fully saturated rings. The summed E-state index contributed by atoms with van der Waals surface area (Å²) >= 11 is 0. The molecule has 2 aliphatic heterocycles. The van der Waals surface area contributed by atoms with Crippen LogP contribution in [0.15, 0.2) is 12.1 Å². The fourth-order valence-electron chi connectivity index (χ4n) is 3.39. The molecular formula is C15H23N5O.